The molecule has 1 aromatic carbocycles. The Morgan fingerprint density at radius 2 is 2.15 bits per heavy atom. The van der Waals surface area contributed by atoms with Crippen LogP contribution in [0.1, 0.15) is 18.5 Å². The van der Waals surface area contributed by atoms with E-state index in [4.69, 9.17) is 17.3 Å². The van der Waals surface area contributed by atoms with E-state index in [1.54, 1.807) is 12.1 Å². The number of nitrogens with two attached hydrogens (primary N) is 1. The van der Waals surface area contributed by atoms with E-state index >= 15 is 0 Å². The maximum Gasteiger partial charge on any atom is 0.230 e. The van der Waals surface area contributed by atoms with Crippen LogP contribution in [0.4, 0.5) is 5.13 Å². The fraction of sp³-hybridized carbons (Fsp3) is 0.250. The van der Waals surface area contributed by atoms with Gasteiger partial charge in [0, 0.05) is 5.02 Å². The number of nitrogens with zero attached hydrogens (tertiary/aromatic N) is 2. The summed E-state index contributed by atoms with van der Waals surface area (Å²) in [4.78, 5) is 11.8. The quantitative estimate of drug-likeness (QED) is 0.825. The lowest BCUT2D eigenvalue weighted by Gasteiger charge is -2.13. The molecule has 3 N–H and O–H groups in total. The molecule has 8 heteroatoms. The minimum absolute atomic E-state index is 0.0637. The van der Waals surface area contributed by atoms with Gasteiger partial charge in [-0.1, -0.05) is 46.8 Å². The molecule has 0 radical (unpaired) electrons. The van der Waals surface area contributed by atoms with Crippen molar-refractivity contribution < 1.29 is 4.79 Å². The van der Waals surface area contributed by atoms with Crippen molar-refractivity contribution in [2.45, 2.75) is 17.3 Å². The molecule has 1 aromatic heterocycles. The topological polar surface area (TPSA) is 80.9 Å². The molecule has 0 aliphatic carbocycles. The molecule has 5 nitrogen and oxygen atoms in total. The average Bonchev–Trinajstić information content (AvgIpc) is 2.83. The fourth-order valence-corrected chi connectivity index (χ4v) is 3.10. The third-order valence-corrected chi connectivity index (χ3v) is 4.63. The van der Waals surface area contributed by atoms with Gasteiger partial charge in [-0.2, -0.15) is 0 Å². The first kappa shape index (κ1) is 15.1. The van der Waals surface area contributed by atoms with Crippen LogP contribution in [-0.4, -0.2) is 21.9 Å². The van der Waals surface area contributed by atoms with Crippen molar-refractivity contribution in [3.63, 3.8) is 0 Å². The molecule has 1 heterocycles. The van der Waals surface area contributed by atoms with Gasteiger partial charge in [0.05, 0.1) is 11.8 Å². The number of carbonyl (C=O) groups excluding carboxylic acids is 1. The molecule has 0 aliphatic heterocycles. The Morgan fingerprint density at radius 1 is 1.45 bits per heavy atom. The number of nitrogens with one attached hydrogen (secondary N) is 1. The summed E-state index contributed by atoms with van der Waals surface area (Å²) in [6.07, 6.45) is 0. The first-order valence-electron chi connectivity index (χ1n) is 5.81. The lowest BCUT2D eigenvalue weighted by atomic mass is 10.1. The number of halogens is 1. The second-order valence-electron chi connectivity index (χ2n) is 4.04. The highest BCUT2D eigenvalue weighted by molar-refractivity contribution is 8.01. The van der Waals surface area contributed by atoms with Crippen molar-refractivity contribution in [2.24, 2.45) is 0 Å². The summed E-state index contributed by atoms with van der Waals surface area (Å²) in [6, 6.07) is 7.33. The molecule has 0 fully saturated rings. The number of hydrogen-bond acceptors (Lipinski definition) is 6. The summed E-state index contributed by atoms with van der Waals surface area (Å²) in [5.74, 6) is 0.221. The standard InChI is InChI=1S/C12H13ClN4OS2/c1-7(8-2-4-9(13)5-3-8)15-10(18)6-19-12-17-16-11(14)20-12/h2-5,7H,6H2,1H3,(H2,14,16)(H,15,18)/t7-/m1/s1. The lowest BCUT2D eigenvalue weighted by molar-refractivity contribution is -0.119. The number of anilines is 1. The number of amides is 1. The normalized spacial score (nSPS) is 12.1. The molecule has 1 atom stereocenters. The number of carbonyl (C=O) groups is 1. The predicted octanol–water partition coefficient (Wildman–Crippen LogP) is 2.74. The highest BCUT2D eigenvalue weighted by Gasteiger charge is 2.11. The third kappa shape index (κ3) is 4.36. The number of benzene rings is 1. The predicted molar refractivity (Wildman–Crippen MR) is 83.1 cm³/mol. The molecule has 0 unspecified atom stereocenters. The summed E-state index contributed by atoms with van der Waals surface area (Å²) in [7, 11) is 0. The SMILES string of the molecule is C[C@@H](NC(=O)CSc1nnc(N)s1)c1ccc(Cl)cc1. The van der Waals surface area contributed by atoms with Crippen LogP contribution in [0.25, 0.3) is 0 Å². The van der Waals surface area contributed by atoms with Crippen molar-refractivity contribution in [1.29, 1.82) is 0 Å². The lowest BCUT2D eigenvalue weighted by Crippen LogP contribution is -2.28. The van der Waals surface area contributed by atoms with Crippen LogP contribution in [0.15, 0.2) is 28.6 Å². The molecule has 20 heavy (non-hydrogen) atoms. The Morgan fingerprint density at radius 3 is 2.75 bits per heavy atom. The molecule has 2 rings (SSSR count). The van der Waals surface area contributed by atoms with Crippen LogP contribution < -0.4 is 11.1 Å². The summed E-state index contributed by atoms with van der Waals surface area (Å²) < 4.78 is 0.691. The zero-order chi connectivity index (χ0) is 14.5. The van der Waals surface area contributed by atoms with Gasteiger partial charge in [0.2, 0.25) is 11.0 Å². The van der Waals surface area contributed by atoms with E-state index in [0.717, 1.165) is 5.56 Å². The maximum atomic E-state index is 11.8. The molecule has 106 valence electrons. The molecular formula is C12H13ClN4OS2. The number of nitrogen functional groups attached to an aromatic ring is 1. The van der Waals surface area contributed by atoms with E-state index in [2.05, 4.69) is 15.5 Å². The molecule has 0 saturated carbocycles. The average molecular weight is 329 g/mol. The highest BCUT2D eigenvalue weighted by Crippen LogP contribution is 2.23. The van der Waals surface area contributed by atoms with Gasteiger partial charge in [0.15, 0.2) is 4.34 Å². The van der Waals surface area contributed by atoms with Crippen LogP contribution in [0.5, 0.6) is 0 Å². The Hall–Kier alpha value is -1.31. The van der Waals surface area contributed by atoms with Crippen molar-refractivity contribution >= 4 is 45.7 Å². The first-order chi connectivity index (χ1) is 9.54. The number of rotatable bonds is 5. The Bertz CT molecular complexity index is 587. The highest BCUT2D eigenvalue weighted by atomic mass is 35.5. The van der Waals surface area contributed by atoms with Gasteiger partial charge < -0.3 is 11.1 Å². The molecule has 0 spiro atoms. The minimum Gasteiger partial charge on any atom is -0.374 e. The molecule has 1 amide bonds. The summed E-state index contributed by atoms with van der Waals surface area (Å²) in [5.41, 5.74) is 6.48. The number of thioether (sulfide) groups is 1. The Labute approximate surface area is 129 Å². The second kappa shape index (κ2) is 6.92. The van der Waals surface area contributed by atoms with Crippen molar-refractivity contribution in [3.05, 3.63) is 34.9 Å². The minimum atomic E-state index is -0.0696. The molecule has 0 bridgehead atoms. The Kier molecular flexibility index (Phi) is 5.22. The van der Waals surface area contributed by atoms with Gasteiger partial charge in [-0.05, 0) is 24.6 Å². The molecule has 0 aliphatic rings. The monoisotopic (exact) mass is 328 g/mol. The van der Waals surface area contributed by atoms with Crippen molar-refractivity contribution in [3.8, 4) is 0 Å². The van der Waals surface area contributed by atoms with Gasteiger partial charge in [-0.3, -0.25) is 4.79 Å². The van der Waals surface area contributed by atoms with E-state index in [-0.39, 0.29) is 17.7 Å². The van der Waals surface area contributed by atoms with E-state index in [1.165, 1.54) is 23.1 Å². The second-order valence-corrected chi connectivity index (χ2v) is 6.70. The first-order valence-corrected chi connectivity index (χ1v) is 7.99. The zero-order valence-corrected chi connectivity index (χ0v) is 13.1. The van der Waals surface area contributed by atoms with E-state index in [9.17, 15) is 4.79 Å². The van der Waals surface area contributed by atoms with Crippen LogP contribution in [-0.2, 0) is 4.79 Å². The summed E-state index contributed by atoms with van der Waals surface area (Å²) in [6.45, 7) is 1.93. The number of hydrogen-bond donors (Lipinski definition) is 2. The number of aromatic nitrogens is 2. The Balaban J connectivity index is 1.83. The van der Waals surface area contributed by atoms with Crippen LogP contribution in [0.3, 0.4) is 0 Å². The van der Waals surface area contributed by atoms with Crippen LogP contribution in [0.2, 0.25) is 5.02 Å². The summed E-state index contributed by atoms with van der Waals surface area (Å²) in [5, 5.41) is 11.5. The summed E-state index contributed by atoms with van der Waals surface area (Å²) >= 11 is 8.42. The molecule has 2 aromatic rings. The van der Waals surface area contributed by atoms with Crippen LogP contribution in [0, 0.1) is 0 Å². The van der Waals surface area contributed by atoms with Crippen LogP contribution >= 0.6 is 34.7 Å². The smallest absolute Gasteiger partial charge is 0.230 e. The van der Waals surface area contributed by atoms with E-state index in [1.807, 2.05) is 19.1 Å². The van der Waals surface area contributed by atoms with Crippen molar-refractivity contribution in [2.75, 3.05) is 11.5 Å². The molecule has 0 saturated heterocycles. The zero-order valence-electron chi connectivity index (χ0n) is 10.7. The third-order valence-electron chi connectivity index (χ3n) is 2.50. The van der Waals surface area contributed by atoms with Gasteiger partial charge in [0.25, 0.3) is 0 Å². The van der Waals surface area contributed by atoms with E-state index < -0.39 is 0 Å². The van der Waals surface area contributed by atoms with E-state index in [0.29, 0.717) is 14.5 Å². The van der Waals surface area contributed by atoms with Crippen molar-refractivity contribution in [1.82, 2.24) is 15.5 Å². The largest absolute Gasteiger partial charge is 0.374 e. The van der Waals surface area contributed by atoms with Gasteiger partial charge in [0.1, 0.15) is 0 Å². The van der Waals surface area contributed by atoms with Gasteiger partial charge in [-0.25, -0.2) is 0 Å². The fourth-order valence-electron chi connectivity index (χ4n) is 1.52. The molecular weight excluding hydrogens is 316 g/mol. The van der Waals surface area contributed by atoms with Gasteiger partial charge >= 0.3 is 0 Å². The maximum absolute atomic E-state index is 11.8. The van der Waals surface area contributed by atoms with Gasteiger partial charge in [-0.15, -0.1) is 10.2 Å².